The van der Waals surface area contributed by atoms with Gasteiger partial charge in [-0.15, -0.1) is 0 Å². The Morgan fingerprint density at radius 3 is 2.94 bits per heavy atom. The third-order valence-electron chi connectivity index (χ3n) is 2.80. The molecule has 0 amide bonds. The summed E-state index contributed by atoms with van der Waals surface area (Å²) in [6.07, 6.45) is 5.28. The molecular formula is C13H18N2S. The van der Waals surface area contributed by atoms with Crippen molar-refractivity contribution >= 4 is 22.7 Å². The van der Waals surface area contributed by atoms with Crippen molar-refractivity contribution in [3.63, 3.8) is 0 Å². The van der Waals surface area contributed by atoms with E-state index in [2.05, 4.69) is 41.3 Å². The highest BCUT2D eigenvalue weighted by Gasteiger charge is 2.01. The molecule has 86 valence electrons. The molecule has 0 saturated carbocycles. The molecule has 2 rings (SSSR count). The first-order valence-corrected chi connectivity index (χ1v) is 7.01. The zero-order valence-electron chi connectivity index (χ0n) is 9.65. The highest BCUT2D eigenvalue weighted by molar-refractivity contribution is 7.98. The molecule has 3 heteroatoms. The Bertz CT molecular complexity index is 462. The average Bonchev–Trinajstić information content (AvgIpc) is 2.69. The summed E-state index contributed by atoms with van der Waals surface area (Å²) >= 11 is 1.88. The third-order valence-corrected chi connectivity index (χ3v) is 3.40. The predicted octanol–water partition coefficient (Wildman–Crippen LogP) is 2.51. The number of rotatable bonds is 5. The summed E-state index contributed by atoms with van der Waals surface area (Å²) < 4.78 is 2.32. The molecule has 1 aromatic heterocycles. The van der Waals surface area contributed by atoms with E-state index in [0.717, 1.165) is 25.3 Å². The molecule has 0 radical (unpaired) electrons. The second kappa shape index (κ2) is 5.41. The Morgan fingerprint density at radius 2 is 2.19 bits per heavy atom. The quantitative estimate of drug-likeness (QED) is 0.861. The first-order chi connectivity index (χ1) is 7.85. The number of hydrogen-bond acceptors (Lipinski definition) is 2. The number of aryl methyl sites for hydroxylation is 1. The summed E-state index contributed by atoms with van der Waals surface area (Å²) in [6, 6.07) is 8.83. The minimum atomic E-state index is 0.721. The molecule has 0 aliphatic heterocycles. The predicted molar refractivity (Wildman–Crippen MR) is 73.1 cm³/mol. The molecule has 2 N–H and O–H groups in total. The van der Waals surface area contributed by atoms with Gasteiger partial charge in [0.05, 0.1) is 0 Å². The lowest BCUT2D eigenvalue weighted by atomic mass is 10.1. The van der Waals surface area contributed by atoms with Crippen molar-refractivity contribution < 1.29 is 0 Å². The number of benzene rings is 1. The first-order valence-electron chi connectivity index (χ1n) is 5.62. The highest BCUT2D eigenvalue weighted by Crippen LogP contribution is 2.18. The van der Waals surface area contributed by atoms with Crippen LogP contribution in [0.25, 0.3) is 10.9 Å². The van der Waals surface area contributed by atoms with Gasteiger partial charge >= 0.3 is 0 Å². The lowest BCUT2D eigenvalue weighted by Crippen LogP contribution is -2.02. The van der Waals surface area contributed by atoms with Crippen molar-refractivity contribution in [3.8, 4) is 0 Å². The molecule has 0 saturated heterocycles. The van der Waals surface area contributed by atoms with Crippen LogP contribution in [0.5, 0.6) is 0 Å². The maximum absolute atomic E-state index is 5.57. The monoisotopic (exact) mass is 234 g/mol. The molecule has 0 aliphatic rings. The number of nitrogens with zero attached hydrogens (tertiary/aromatic N) is 1. The van der Waals surface area contributed by atoms with Gasteiger partial charge in [0, 0.05) is 24.0 Å². The first kappa shape index (κ1) is 11.6. The van der Waals surface area contributed by atoms with Crippen LogP contribution in [0.2, 0.25) is 0 Å². The molecule has 0 unspecified atom stereocenters. The molecule has 2 aromatic rings. The summed E-state index contributed by atoms with van der Waals surface area (Å²) in [5.74, 6) is 1.16. The second-order valence-corrected chi connectivity index (χ2v) is 4.92. The third kappa shape index (κ3) is 2.42. The minimum Gasteiger partial charge on any atom is -0.347 e. The van der Waals surface area contributed by atoms with Gasteiger partial charge in [0.15, 0.2) is 0 Å². The van der Waals surface area contributed by atoms with Crippen molar-refractivity contribution in [1.82, 2.24) is 4.57 Å². The lowest BCUT2D eigenvalue weighted by Gasteiger charge is -2.04. The van der Waals surface area contributed by atoms with E-state index in [9.17, 15) is 0 Å². The van der Waals surface area contributed by atoms with Crippen LogP contribution in [0, 0.1) is 0 Å². The topological polar surface area (TPSA) is 30.9 Å². The van der Waals surface area contributed by atoms with Gasteiger partial charge in [-0.05, 0) is 48.4 Å². The maximum Gasteiger partial charge on any atom is 0.0480 e. The summed E-state index contributed by atoms with van der Waals surface area (Å²) in [7, 11) is 0. The zero-order chi connectivity index (χ0) is 11.4. The van der Waals surface area contributed by atoms with Gasteiger partial charge in [0.1, 0.15) is 0 Å². The van der Waals surface area contributed by atoms with Crippen molar-refractivity contribution in [1.29, 1.82) is 0 Å². The summed E-state index contributed by atoms with van der Waals surface area (Å²) in [6.45, 7) is 1.81. The number of aromatic nitrogens is 1. The van der Waals surface area contributed by atoms with Crippen molar-refractivity contribution in [2.75, 3.05) is 18.6 Å². The molecule has 1 heterocycles. The standard InChI is InChI=1S/C13H18N2S/c1-16-9-8-15-7-5-12-10-11(4-6-14)2-3-13(12)15/h2-3,5,7,10H,4,6,8-9,14H2,1H3. The summed E-state index contributed by atoms with van der Waals surface area (Å²) in [4.78, 5) is 0. The van der Waals surface area contributed by atoms with Crippen LogP contribution in [0.4, 0.5) is 0 Å². The zero-order valence-corrected chi connectivity index (χ0v) is 10.5. The second-order valence-electron chi connectivity index (χ2n) is 3.93. The fraction of sp³-hybridized carbons (Fsp3) is 0.385. The Morgan fingerprint density at radius 1 is 1.31 bits per heavy atom. The Hall–Kier alpha value is -0.930. The van der Waals surface area contributed by atoms with Gasteiger partial charge < -0.3 is 10.3 Å². The van der Waals surface area contributed by atoms with Gasteiger partial charge in [0.25, 0.3) is 0 Å². The van der Waals surface area contributed by atoms with Crippen molar-refractivity contribution in [2.45, 2.75) is 13.0 Å². The number of thioether (sulfide) groups is 1. The Balaban J connectivity index is 2.27. The SMILES string of the molecule is CSCCn1ccc2cc(CCN)ccc21. The maximum atomic E-state index is 5.57. The van der Waals surface area contributed by atoms with Gasteiger partial charge in [-0.25, -0.2) is 0 Å². The molecule has 0 spiro atoms. The molecule has 0 atom stereocenters. The van der Waals surface area contributed by atoms with E-state index in [1.165, 1.54) is 16.5 Å². The van der Waals surface area contributed by atoms with Crippen LogP contribution < -0.4 is 5.73 Å². The van der Waals surface area contributed by atoms with Gasteiger partial charge in [0.2, 0.25) is 0 Å². The molecule has 1 aromatic carbocycles. The average molecular weight is 234 g/mol. The van der Waals surface area contributed by atoms with Crippen LogP contribution in [0.15, 0.2) is 30.5 Å². The van der Waals surface area contributed by atoms with Crippen molar-refractivity contribution in [2.24, 2.45) is 5.73 Å². The Kier molecular flexibility index (Phi) is 3.91. The summed E-state index contributed by atoms with van der Waals surface area (Å²) in [5.41, 5.74) is 8.23. The number of hydrogen-bond donors (Lipinski definition) is 1. The van der Waals surface area contributed by atoms with Crippen LogP contribution >= 0.6 is 11.8 Å². The van der Waals surface area contributed by atoms with E-state index in [4.69, 9.17) is 5.73 Å². The lowest BCUT2D eigenvalue weighted by molar-refractivity contribution is 0.808. The van der Waals surface area contributed by atoms with E-state index in [1.807, 2.05) is 11.8 Å². The molecule has 0 aliphatic carbocycles. The fourth-order valence-corrected chi connectivity index (χ4v) is 2.34. The van der Waals surface area contributed by atoms with Crippen LogP contribution in [-0.4, -0.2) is 23.1 Å². The van der Waals surface area contributed by atoms with E-state index >= 15 is 0 Å². The minimum absolute atomic E-state index is 0.721. The van der Waals surface area contributed by atoms with Crippen LogP contribution in [-0.2, 0) is 13.0 Å². The van der Waals surface area contributed by atoms with E-state index in [1.54, 1.807) is 0 Å². The summed E-state index contributed by atoms with van der Waals surface area (Å²) in [5, 5.41) is 1.33. The van der Waals surface area contributed by atoms with Crippen LogP contribution in [0.1, 0.15) is 5.56 Å². The van der Waals surface area contributed by atoms with Crippen LogP contribution in [0.3, 0.4) is 0 Å². The fourth-order valence-electron chi connectivity index (χ4n) is 1.96. The number of fused-ring (bicyclic) bond motifs is 1. The molecule has 16 heavy (non-hydrogen) atoms. The smallest absolute Gasteiger partial charge is 0.0480 e. The van der Waals surface area contributed by atoms with Gasteiger partial charge in [-0.3, -0.25) is 0 Å². The van der Waals surface area contributed by atoms with E-state index < -0.39 is 0 Å². The normalized spacial score (nSPS) is 11.1. The van der Waals surface area contributed by atoms with E-state index in [-0.39, 0.29) is 0 Å². The molecule has 0 bridgehead atoms. The highest BCUT2D eigenvalue weighted by atomic mass is 32.2. The largest absolute Gasteiger partial charge is 0.347 e. The van der Waals surface area contributed by atoms with Gasteiger partial charge in [-0.2, -0.15) is 11.8 Å². The van der Waals surface area contributed by atoms with E-state index in [0.29, 0.717) is 0 Å². The molecule has 2 nitrogen and oxygen atoms in total. The number of nitrogens with two attached hydrogens (primary N) is 1. The molecule has 0 fully saturated rings. The molecular weight excluding hydrogens is 216 g/mol. The van der Waals surface area contributed by atoms with Crippen molar-refractivity contribution in [3.05, 3.63) is 36.0 Å². The Labute approximate surface area is 101 Å². The van der Waals surface area contributed by atoms with Gasteiger partial charge in [-0.1, -0.05) is 6.07 Å².